The van der Waals surface area contributed by atoms with E-state index in [0.29, 0.717) is 5.66 Å². The predicted octanol–water partition coefficient (Wildman–Crippen LogP) is 3.84. The lowest BCUT2D eigenvalue weighted by Gasteiger charge is -2.42. The van der Waals surface area contributed by atoms with Gasteiger partial charge in [-0.3, -0.25) is 9.34 Å². The van der Waals surface area contributed by atoms with Crippen molar-refractivity contribution in [2.24, 2.45) is 0 Å². The van der Waals surface area contributed by atoms with Crippen LogP contribution in [0, 0.1) is 0 Å². The summed E-state index contributed by atoms with van der Waals surface area (Å²) in [6.45, 7) is 13.4. The minimum Gasteiger partial charge on any atom is -0.500 e. The van der Waals surface area contributed by atoms with Crippen molar-refractivity contribution >= 4 is 8.22 Å². The summed E-state index contributed by atoms with van der Waals surface area (Å²) in [7, 11) is 1.44. The largest absolute Gasteiger partial charge is 0.500 e. The summed E-state index contributed by atoms with van der Waals surface area (Å²) in [4.78, 5) is 0. The molecule has 0 N–H and O–H groups in total. The highest BCUT2D eigenvalue weighted by Gasteiger charge is 2.32. The molecule has 0 radical (unpaired) electrons. The summed E-state index contributed by atoms with van der Waals surface area (Å²) in [5.74, 6) is 1.15. The number of ether oxygens (including phenoxy) is 1. The van der Waals surface area contributed by atoms with Crippen LogP contribution in [0.1, 0.15) is 34.1 Å². The van der Waals surface area contributed by atoms with E-state index in [1.165, 1.54) is 0 Å². The maximum absolute atomic E-state index is 5.64. The van der Waals surface area contributed by atoms with Crippen LogP contribution in [0.4, 0.5) is 0 Å². The third-order valence-electron chi connectivity index (χ3n) is 3.59. The van der Waals surface area contributed by atoms with Crippen LogP contribution >= 0.6 is 8.22 Å². The Morgan fingerprint density at radius 2 is 1.63 bits per heavy atom. The maximum atomic E-state index is 5.64. The first-order valence-electron chi connectivity index (χ1n) is 7.42. The summed E-state index contributed by atoms with van der Waals surface area (Å²) in [5, 5.41) is 0. The lowest BCUT2D eigenvalue weighted by molar-refractivity contribution is 0.279. The predicted molar refractivity (Wildman–Crippen MR) is 85.4 cm³/mol. The van der Waals surface area contributed by atoms with Gasteiger partial charge in [0.2, 0.25) is 0 Å². The van der Waals surface area contributed by atoms with E-state index in [2.05, 4.69) is 55.3 Å². The molecule has 1 unspecified atom stereocenters. The molecule has 1 aliphatic carbocycles. The maximum Gasteiger partial charge on any atom is 0.106 e. The van der Waals surface area contributed by atoms with Gasteiger partial charge in [0.15, 0.2) is 0 Å². The van der Waals surface area contributed by atoms with Crippen molar-refractivity contribution in [2.45, 2.75) is 39.8 Å². The Kier molecular flexibility index (Phi) is 7.67. The molecule has 1 atom stereocenters. The fourth-order valence-corrected chi connectivity index (χ4v) is 5.49. The van der Waals surface area contributed by atoms with Crippen LogP contribution in [0.25, 0.3) is 0 Å². The summed E-state index contributed by atoms with van der Waals surface area (Å²) < 4.78 is 10.8. The van der Waals surface area contributed by atoms with Gasteiger partial charge in [0, 0.05) is 26.2 Å². The van der Waals surface area contributed by atoms with Crippen LogP contribution in [0.5, 0.6) is 0 Å². The Bertz CT molecular complexity index is 297. The molecule has 3 nitrogen and oxygen atoms in total. The second-order valence-electron chi connectivity index (χ2n) is 4.52. The number of hydrogen-bond donors (Lipinski definition) is 0. The molecule has 1 rings (SSSR count). The van der Waals surface area contributed by atoms with E-state index in [1.54, 1.807) is 7.11 Å². The summed E-state index contributed by atoms with van der Waals surface area (Å²) >= 11 is 0. The fourth-order valence-electron chi connectivity index (χ4n) is 2.56. The molecular formula is C15H29N2OP. The van der Waals surface area contributed by atoms with Crippen LogP contribution in [0.2, 0.25) is 0 Å². The van der Waals surface area contributed by atoms with Gasteiger partial charge in [0.1, 0.15) is 5.76 Å². The first kappa shape index (κ1) is 16.7. The van der Waals surface area contributed by atoms with E-state index in [1.807, 2.05) is 0 Å². The molecule has 0 aliphatic heterocycles. The van der Waals surface area contributed by atoms with Gasteiger partial charge < -0.3 is 4.74 Å². The van der Waals surface area contributed by atoms with Crippen molar-refractivity contribution in [3.63, 3.8) is 0 Å². The Morgan fingerprint density at radius 3 is 2.05 bits per heavy atom. The quantitative estimate of drug-likeness (QED) is 0.497. The van der Waals surface area contributed by atoms with Gasteiger partial charge in [0.25, 0.3) is 0 Å². The van der Waals surface area contributed by atoms with Crippen LogP contribution in [-0.2, 0) is 4.74 Å². The van der Waals surface area contributed by atoms with E-state index in [4.69, 9.17) is 4.74 Å². The van der Waals surface area contributed by atoms with Gasteiger partial charge in [-0.25, -0.2) is 0 Å². The molecule has 1 aliphatic rings. The molecule has 110 valence electrons. The zero-order chi connectivity index (χ0) is 14.3. The van der Waals surface area contributed by atoms with Crippen LogP contribution < -0.4 is 0 Å². The van der Waals surface area contributed by atoms with Crippen LogP contribution in [0.15, 0.2) is 24.0 Å². The Morgan fingerprint density at radius 1 is 1.11 bits per heavy atom. The molecule has 4 heteroatoms. The van der Waals surface area contributed by atoms with Crippen molar-refractivity contribution in [3.8, 4) is 0 Å². The fraction of sp³-hybridized carbons (Fsp3) is 0.733. The van der Waals surface area contributed by atoms with Crippen molar-refractivity contribution in [1.82, 2.24) is 9.34 Å². The van der Waals surface area contributed by atoms with E-state index < -0.39 is 0 Å². The monoisotopic (exact) mass is 284 g/mol. The number of rotatable bonds is 8. The molecule has 0 saturated carbocycles. The Balaban J connectivity index is 3.03. The van der Waals surface area contributed by atoms with E-state index in [0.717, 1.165) is 38.4 Å². The molecule has 0 saturated heterocycles. The highest BCUT2D eigenvalue weighted by Crippen LogP contribution is 2.52. The zero-order valence-corrected chi connectivity index (χ0v) is 14.0. The van der Waals surface area contributed by atoms with Crippen LogP contribution in [0.3, 0.4) is 0 Å². The molecular weight excluding hydrogens is 255 g/mol. The molecule has 0 aromatic rings. The van der Waals surface area contributed by atoms with Crippen molar-refractivity contribution in [1.29, 1.82) is 0 Å². The number of hydrogen-bond acceptors (Lipinski definition) is 3. The summed E-state index contributed by atoms with van der Waals surface area (Å²) in [6.07, 6.45) is 7.85. The Hall–Kier alpha value is -0.370. The molecule has 19 heavy (non-hydrogen) atoms. The minimum absolute atomic E-state index is 0.365. The second-order valence-corrected chi connectivity index (χ2v) is 6.85. The SMILES string of the molecule is CCN(CC)P(C1C=CCC=C1OC)N(CC)CC. The van der Waals surface area contributed by atoms with Crippen molar-refractivity contribution in [2.75, 3.05) is 33.3 Å². The molecule has 0 heterocycles. The van der Waals surface area contributed by atoms with E-state index in [9.17, 15) is 0 Å². The Labute approximate surface area is 120 Å². The molecule has 0 spiro atoms. The third kappa shape index (κ3) is 4.05. The normalized spacial score (nSPS) is 19.4. The van der Waals surface area contributed by atoms with Gasteiger partial charge >= 0.3 is 0 Å². The molecule has 0 bridgehead atoms. The molecule has 0 amide bonds. The summed E-state index contributed by atoms with van der Waals surface area (Å²) in [5.41, 5.74) is 0.411. The first-order valence-corrected chi connectivity index (χ1v) is 8.74. The van der Waals surface area contributed by atoms with Gasteiger partial charge in [-0.2, -0.15) is 0 Å². The van der Waals surface area contributed by atoms with Gasteiger partial charge in [-0.15, -0.1) is 0 Å². The number of methoxy groups -OCH3 is 1. The zero-order valence-electron chi connectivity index (χ0n) is 13.1. The minimum atomic E-state index is -0.365. The van der Waals surface area contributed by atoms with Gasteiger partial charge in [-0.1, -0.05) is 39.8 Å². The topological polar surface area (TPSA) is 15.7 Å². The van der Waals surface area contributed by atoms with Gasteiger partial charge in [0.05, 0.1) is 21.0 Å². The third-order valence-corrected chi connectivity index (χ3v) is 6.80. The lowest BCUT2D eigenvalue weighted by atomic mass is 10.2. The van der Waals surface area contributed by atoms with Crippen LogP contribution in [-0.4, -0.2) is 48.3 Å². The smallest absolute Gasteiger partial charge is 0.106 e. The summed E-state index contributed by atoms with van der Waals surface area (Å²) in [6, 6.07) is 0. The molecule has 0 fully saturated rings. The average Bonchev–Trinajstić information content (AvgIpc) is 2.47. The van der Waals surface area contributed by atoms with Crippen molar-refractivity contribution < 1.29 is 4.74 Å². The number of allylic oxidation sites excluding steroid dienone is 3. The first-order chi connectivity index (χ1) is 9.23. The lowest BCUT2D eigenvalue weighted by Crippen LogP contribution is -2.34. The molecule has 0 aromatic heterocycles. The number of nitrogens with zero attached hydrogens (tertiary/aromatic N) is 2. The average molecular weight is 284 g/mol. The highest BCUT2D eigenvalue weighted by molar-refractivity contribution is 7.54. The van der Waals surface area contributed by atoms with E-state index in [-0.39, 0.29) is 8.22 Å². The standard InChI is InChI=1S/C15H29N2OP/c1-6-16(7-2)19(17(8-3)9-4)15-13-11-10-12-14(15)18-5/h11-13,15H,6-10H2,1-5H3. The van der Waals surface area contributed by atoms with Crippen molar-refractivity contribution in [3.05, 3.63) is 24.0 Å². The molecule has 0 aromatic carbocycles. The van der Waals surface area contributed by atoms with E-state index >= 15 is 0 Å². The van der Waals surface area contributed by atoms with Gasteiger partial charge in [-0.05, 0) is 12.5 Å². The second kappa shape index (κ2) is 8.73. The highest BCUT2D eigenvalue weighted by atomic mass is 31.1.